The minimum atomic E-state index is 0.00106. The summed E-state index contributed by atoms with van der Waals surface area (Å²) in [6.45, 7) is 2.82. The summed E-state index contributed by atoms with van der Waals surface area (Å²) in [4.78, 5) is 17.3. The van der Waals surface area contributed by atoms with Gasteiger partial charge in [-0.1, -0.05) is 79.1 Å². The monoisotopic (exact) mass is 486 g/mol. The average molecular weight is 487 g/mol. The van der Waals surface area contributed by atoms with Gasteiger partial charge in [0.05, 0.1) is 17.0 Å². The average Bonchev–Trinajstić information content (AvgIpc) is 3.26. The van der Waals surface area contributed by atoms with Gasteiger partial charge in [0, 0.05) is 23.1 Å². The van der Waals surface area contributed by atoms with Crippen molar-refractivity contribution >= 4 is 28.6 Å². The fourth-order valence-corrected chi connectivity index (χ4v) is 5.31. The topological polar surface area (TPSA) is 98.7 Å². The second-order valence-corrected chi connectivity index (χ2v) is 10.2. The highest BCUT2D eigenvalue weighted by Gasteiger charge is 2.19. The zero-order chi connectivity index (χ0) is 24.2. The number of hydrogen-bond donors (Lipinski definition) is 2. The second-order valence-electron chi connectivity index (χ2n) is 9.21. The molecule has 0 atom stereocenters. The van der Waals surface area contributed by atoms with E-state index in [1.807, 2.05) is 30.3 Å². The minimum Gasteiger partial charge on any atom is -0.355 e. The van der Waals surface area contributed by atoms with Crippen LogP contribution >= 0.6 is 11.8 Å². The number of nitrogen functional groups attached to an aromatic ring is 1. The molecule has 0 aliphatic heterocycles. The Kier molecular flexibility index (Phi) is 6.99. The summed E-state index contributed by atoms with van der Waals surface area (Å²) >= 11 is 1.30. The molecule has 1 amide bonds. The smallest absolute Gasteiger partial charge is 0.230 e. The summed E-state index contributed by atoms with van der Waals surface area (Å²) in [6, 6.07) is 18.2. The maximum atomic E-state index is 12.4. The van der Waals surface area contributed by atoms with E-state index in [9.17, 15) is 4.79 Å². The summed E-state index contributed by atoms with van der Waals surface area (Å²) < 4.78 is 1.47. The number of hydrogen-bond acceptors (Lipinski definition) is 6. The molecule has 2 aromatic heterocycles. The first kappa shape index (κ1) is 23.4. The number of nitrogens with zero attached hydrogens (tertiary/aromatic N) is 4. The van der Waals surface area contributed by atoms with Crippen LogP contribution in [0, 0.1) is 12.8 Å². The van der Waals surface area contributed by atoms with E-state index in [0.29, 0.717) is 16.9 Å². The molecule has 0 bridgehead atoms. The third kappa shape index (κ3) is 5.32. The van der Waals surface area contributed by atoms with E-state index in [0.717, 1.165) is 34.3 Å². The maximum Gasteiger partial charge on any atom is 0.230 e. The van der Waals surface area contributed by atoms with Crippen molar-refractivity contribution in [2.24, 2.45) is 5.92 Å². The summed E-state index contributed by atoms with van der Waals surface area (Å²) in [6.07, 6.45) is 6.26. The number of carbonyl (C=O) groups excluding carboxylic acids is 1. The number of amides is 1. The molecule has 1 aliphatic carbocycles. The fraction of sp³-hybridized carbons (Fsp3) is 0.333. The first-order chi connectivity index (χ1) is 17.1. The van der Waals surface area contributed by atoms with Crippen molar-refractivity contribution in [3.8, 4) is 22.6 Å². The number of aryl methyl sites for hydroxylation is 1. The van der Waals surface area contributed by atoms with Crippen molar-refractivity contribution in [3.63, 3.8) is 0 Å². The van der Waals surface area contributed by atoms with Gasteiger partial charge in [-0.15, -0.1) is 10.2 Å². The van der Waals surface area contributed by atoms with Crippen LogP contribution in [0.4, 0.5) is 0 Å². The number of fused-ring (bicyclic) bond motifs is 1. The molecular formula is C27H30N6OS. The van der Waals surface area contributed by atoms with Gasteiger partial charge in [-0.05, 0) is 37.8 Å². The van der Waals surface area contributed by atoms with Gasteiger partial charge < -0.3 is 11.2 Å². The molecule has 0 saturated heterocycles. The highest BCUT2D eigenvalue weighted by atomic mass is 32.2. The van der Waals surface area contributed by atoms with Crippen molar-refractivity contribution in [1.82, 2.24) is 25.2 Å². The lowest BCUT2D eigenvalue weighted by Gasteiger charge is -2.21. The van der Waals surface area contributed by atoms with Crippen molar-refractivity contribution < 1.29 is 4.79 Å². The van der Waals surface area contributed by atoms with Crippen LogP contribution in [0.25, 0.3) is 33.5 Å². The summed E-state index contributed by atoms with van der Waals surface area (Å²) in [5.41, 5.74) is 4.78. The molecule has 1 saturated carbocycles. The van der Waals surface area contributed by atoms with Crippen LogP contribution in [0.1, 0.15) is 37.7 Å². The van der Waals surface area contributed by atoms with Crippen LogP contribution in [0.2, 0.25) is 0 Å². The molecule has 180 valence electrons. The lowest BCUT2D eigenvalue weighted by molar-refractivity contribution is -0.118. The Labute approximate surface area is 209 Å². The number of nitrogens with two attached hydrogens (primary N) is 1. The highest BCUT2D eigenvalue weighted by Crippen LogP contribution is 2.32. The molecule has 0 spiro atoms. The zero-order valence-corrected chi connectivity index (χ0v) is 20.7. The number of carbonyl (C=O) groups is 1. The molecular weight excluding hydrogens is 456 g/mol. The van der Waals surface area contributed by atoms with Gasteiger partial charge in [-0.3, -0.25) is 4.79 Å². The third-order valence-electron chi connectivity index (χ3n) is 6.61. The number of pyridine rings is 1. The van der Waals surface area contributed by atoms with Gasteiger partial charge in [-0.25, -0.2) is 9.66 Å². The van der Waals surface area contributed by atoms with Gasteiger partial charge in [0.2, 0.25) is 11.1 Å². The van der Waals surface area contributed by atoms with E-state index in [1.54, 1.807) is 0 Å². The van der Waals surface area contributed by atoms with Crippen molar-refractivity contribution in [1.29, 1.82) is 0 Å². The summed E-state index contributed by atoms with van der Waals surface area (Å²) in [5.74, 6) is 7.84. The van der Waals surface area contributed by atoms with E-state index in [-0.39, 0.29) is 11.7 Å². The number of aromatic nitrogens is 4. The third-order valence-corrected chi connectivity index (χ3v) is 7.56. The van der Waals surface area contributed by atoms with Crippen LogP contribution < -0.4 is 11.2 Å². The number of para-hydroxylation sites is 1. The predicted octanol–water partition coefficient (Wildman–Crippen LogP) is 4.97. The molecule has 1 fully saturated rings. The van der Waals surface area contributed by atoms with E-state index >= 15 is 0 Å². The SMILES string of the molecule is Cc1ccc(-c2cc(-c3nnc(SCC(=O)NCC4CCCCC4)n3N)c3ccccc3n2)cc1. The first-order valence-electron chi connectivity index (χ1n) is 12.2. The number of rotatable bonds is 7. The Balaban J connectivity index is 1.36. The lowest BCUT2D eigenvalue weighted by atomic mass is 9.89. The molecule has 2 heterocycles. The standard InChI is InChI=1S/C27H30N6OS/c1-18-11-13-20(14-12-18)24-15-22(21-9-5-6-10-23(21)30-24)26-31-32-27(33(26)28)35-17-25(34)29-16-19-7-3-2-4-8-19/h5-6,9-15,19H,2-4,7-8,16-17,28H2,1H3,(H,29,34). The highest BCUT2D eigenvalue weighted by molar-refractivity contribution is 7.99. The number of thioether (sulfide) groups is 1. The minimum absolute atomic E-state index is 0.00106. The molecule has 35 heavy (non-hydrogen) atoms. The molecule has 0 radical (unpaired) electrons. The largest absolute Gasteiger partial charge is 0.355 e. The van der Waals surface area contributed by atoms with E-state index in [2.05, 4.69) is 46.7 Å². The zero-order valence-electron chi connectivity index (χ0n) is 19.9. The quantitative estimate of drug-likeness (QED) is 0.283. The molecule has 5 rings (SSSR count). The van der Waals surface area contributed by atoms with Crippen LogP contribution in [-0.2, 0) is 4.79 Å². The fourth-order valence-electron chi connectivity index (χ4n) is 4.62. The number of nitrogens with one attached hydrogen (secondary N) is 1. The normalized spacial score (nSPS) is 14.3. The van der Waals surface area contributed by atoms with Crippen LogP contribution in [-0.4, -0.2) is 38.1 Å². The Bertz CT molecular complexity index is 1330. The molecule has 1 aliphatic rings. The molecule has 4 aromatic rings. The maximum absolute atomic E-state index is 12.4. The lowest BCUT2D eigenvalue weighted by Crippen LogP contribution is -2.31. The molecule has 8 heteroatoms. The van der Waals surface area contributed by atoms with Crippen LogP contribution in [0.3, 0.4) is 0 Å². The van der Waals surface area contributed by atoms with Gasteiger partial charge in [0.15, 0.2) is 5.82 Å². The Hall–Kier alpha value is -3.39. The predicted molar refractivity (Wildman–Crippen MR) is 141 cm³/mol. The Morgan fingerprint density at radius 1 is 1.09 bits per heavy atom. The van der Waals surface area contributed by atoms with Gasteiger partial charge in [0.1, 0.15) is 0 Å². The van der Waals surface area contributed by atoms with E-state index in [4.69, 9.17) is 10.8 Å². The molecule has 7 nitrogen and oxygen atoms in total. The van der Waals surface area contributed by atoms with Crippen LogP contribution in [0.5, 0.6) is 0 Å². The van der Waals surface area contributed by atoms with Crippen molar-refractivity contribution in [2.45, 2.75) is 44.2 Å². The first-order valence-corrected chi connectivity index (χ1v) is 13.1. The van der Waals surface area contributed by atoms with E-state index in [1.165, 1.54) is 54.1 Å². The summed E-state index contributed by atoms with van der Waals surface area (Å²) in [5, 5.41) is 13.2. The van der Waals surface area contributed by atoms with Gasteiger partial charge >= 0.3 is 0 Å². The molecule has 3 N–H and O–H groups in total. The molecule has 2 aromatic carbocycles. The van der Waals surface area contributed by atoms with Crippen molar-refractivity contribution in [3.05, 3.63) is 60.2 Å². The molecule has 0 unspecified atom stereocenters. The van der Waals surface area contributed by atoms with Crippen molar-refractivity contribution in [2.75, 3.05) is 18.1 Å². The second kappa shape index (κ2) is 10.5. The number of benzene rings is 2. The Morgan fingerprint density at radius 3 is 2.66 bits per heavy atom. The van der Waals surface area contributed by atoms with Gasteiger partial charge in [0.25, 0.3) is 0 Å². The van der Waals surface area contributed by atoms with Gasteiger partial charge in [-0.2, -0.15) is 0 Å². The summed E-state index contributed by atoms with van der Waals surface area (Å²) in [7, 11) is 0. The van der Waals surface area contributed by atoms with E-state index < -0.39 is 0 Å². The van der Waals surface area contributed by atoms with Crippen LogP contribution in [0.15, 0.2) is 59.8 Å². The Morgan fingerprint density at radius 2 is 1.86 bits per heavy atom.